The second-order valence-electron chi connectivity index (χ2n) is 5.21. The first-order chi connectivity index (χ1) is 9.08. The number of carbonyl (C=O) groups excluding carboxylic acids is 1. The van der Waals surface area contributed by atoms with E-state index in [1.165, 1.54) is 5.57 Å². The lowest BCUT2D eigenvalue weighted by Gasteiger charge is -2.06. The predicted octanol–water partition coefficient (Wildman–Crippen LogP) is 4.38. The summed E-state index contributed by atoms with van der Waals surface area (Å²) in [5.74, 6) is 6.07. The minimum Gasteiger partial charge on any atom is -0.285 e. The number of Topliss-reactive ketones (excluding diaryl/α,β-unsaturated/α-hetero) is 1. The van der Waals surface area contributed by atoms with E-state index in [9.17, 15) is 4.79 Å². The van der Waals surface area contributed by atoms with Crippen LogP contribution in [0.4, 0.5) is 0 Å². The molecule has 0 N–H and O–H groups in total. The summed E-state index contributed by atoms with van der Waals surface area (Å²) in [5, 5.41) is 0. The Labute approximate surface area is 116 Å². The van der Waals surface area contributed by atoms with Crippen LogP contribution in [0, 0.1) is 17.8 Å². The van der Waals surface area contributed by atoms with Crippen LogP contribution >= 0.6 is 0 Å². The average molecular weight is 254 g/mol. The van der Waals surface area contributed by atoms with E-state index in [1.807, 2.05) is 30.3 Å². The Bertz CT molecular complexity index is 481. The van der Waals surface area contributed by atoms with Crippen LogP contribution in [0.3, 0.4) is 0 Å². The van der Waals surface area contributed by atoms with Crippen LogP contribution in [0.15, 0.2) is 42.0 Å². The van der Waals surface area contributed by atoms with E-state index in [2.05, 4.69) is 38.7 Å². The first-order valence-electron chi connectivity index (χ1n) is 6.81. The highest BCUT2D eigenvalue weighted by atomic mass is 16.1. The van der Waals surface area contributed by atoms with E-state index in [-0.39, 0.29) is 5.78 Å². The number of rotatable bonds is 5. The largest absolute Gasteiger partial charge is 0.285 e. The molecule has 0 radical (unpaired) electrons. The van der Waals surface area contributed by atoms with Gasteiger partial charge in [-0.25, -0.2) is 0 Å². The third-order valence-electron chi connectivity index (χ3n) is 2.87. The molecule has 0 saturated carbocycles. The zero-order valence-electron chi connectivity index (χ0n) is 12.1. The molecule has 1 rings (SSSR count). The molecule has 19 heavy (non-hydrogen) atoms. The van der Waals surface area contributed by atoms with Crippen molar-refractivity contribution in [3.63, 3.8) is 0 Å². The van der Waals surface area contributed by atoms with Gasteiger partial charge >= 0.3 is 0 Å². The summed E-state index contributed by atoms with van der Waals surface area (Å²) in [7, 11) is 0. The molecule has 0 spiro atoms. The summed E-state index contributed by atoms with van der Waals surface area (Å²) < 4.78 is 0. The highest BCUT2D eigenvalue weighted by molar-refractivity contribution is 5.96. The van der Waals surface area contributed by atoms with Gasteiger partial charge in [-0.3, -0.25) is 4.79 Å². The summed E-state index contributed by atoms with van der Waals surface area (Å²) in [4.78, 5) is 11.7. The monoisotopic (exact) mass is 254 g/mol. The first-order valence-corrected chi connectivity index (χ1v) is 6.81. The van der Waals surface area contributed by atoms with Crippen molar-refractivity contribution in [3.8, 4) is 11.8 Å². The van der Waals surface area contributed by atoms with Gasteiger partial charge in [-0.1, -0.05) is 42.7 Å². The molecule has 0 aromatic heterocycles. The molecule has 0 amide bonds. The zero-order valence-corrected chi connectivity index (χ0v) is 12.1. The number of hydrogen-bond donors (Lipinski definition) is 0. The molecule has 100 valence electrons. The molecule has 0 heterocycles. The van der Waals surface area contributed by atoms with Gasteiger partial charge in [-0.2, -0.15) is 0 Å². The van der Waals surface area contributed by atoms with Crippen LogP contribution in [0.5, 0.6) is 0 Å². The number of hydrogen-bond acceptors (Lipinski definition) is 1. The lowest BCUT2D eigenvalue weighted by atomic mass is 9.98. The van der Waals surface area contributed by atoms with Gasteiger partial charge in [-0.05, 0) is 50.7 Å². The minimum atomic E-state index is 0.0357. The van der Waals surface area contributed by atoms with Crippen LogP contribution in [-0.2, 0) is 4.79 Å². The van der Waals surface area contributed by atoms with E-state index in [1.54, 1.807) is 0 Å². The van der Waals surface area contributed by atoms with Gasteiger partial charge in [-0.15, -0.1) is 0 Å². The average Bonchev–Trinajstić information content (AvgIpc) is 2.37. The van der Waals surface area contributed by atoms with Crippen molar-refractivity contribution in [2.24, 2.45) is 5.92 Å². The second-order valence-corrected chi connectivity index (χ2v) is 5.21. The molecule has 0 aliphatic heterocycles. The van der Waals surface area contributed by atoms with Gasteiger partial charge in [0.2, 0.25) is 5.78 Å². The van der Waals surface area contributed by atoms with Crippen molar-refractivity contribution in [2.75, 3.05) is 0 Å². The maximum atomic E-state index is 11.7. The Balaban J connectivity index is 2.39. The quantitative estimate of drug-likeness (QED) is 0.563. The molecule has 1 aromatic carbocycles. The highest BCUT2D eigenvalue weighted by Gasteiger charge is 2.06. The molecule has 0 aliphatic rings. The van der Waals surface area contributed by atoms with Crippen molar-refractivity contribution in [1.29, 1.82) is 0 Å². The Kier molecular flexibility index (Phi) is 6.68. The van der Waals surface area contributed by atoms with Gasteiger partial charge in [0.05, 0.1) is 0 Å². The third kappa shape index (κ3) is 7.26. The summed E-state index contributed by atoms with van der Waals surface area (Å²) in [6.07, 6.45) is 4.86. The van der Waals surface area contributed by atoms with Crippen molar-refractivity contribution < 1.29 is 4.79 Å². The molecule has 1 heteroatoms. The Hall–Kier alpha value is -1.81. The van der Waals surface area contributed by atoms with Gasteiger partial charge in [0.25, 0.3) is 0 Å². The van der Waals surface area contributed by atoms with Crippen LogP contribution in [0.25, 0.3) is 0 Å². The first kappa shape index (κ1) is 15.2. The summed E-state index contributed by atoms with van der Waals surface area (Å²) >= 11 is 0. The Morgan fingerprint density at radius 3 is 2.58 bits per heavy atom. The van der Waals surface area contributed by atoms with Crippen LogP contribution in [-0.4, -0.2) is 5.78 Å². The van der Waals surface area contributed by atoms with Crippen molar-refractivity contribution in [2.45, 2.75) is 40.0 Å². The molecule has 1 aromatic rings. The van der Waals surface area contributed by atoms with E-state index < -0.39 is 0 Å². The molecule has 0 bridgehead atoms. The molecule has 1 nitrogen and oxygen atoms in total. The molecule has 1 atom stereocenters. The van der Waals surface area contributed by atoms with Gasteiger partial charge in [0.15, 0.2) is 0 Å². The molecule has 1 unspecified atom stereocenters. The SMILES string of the molecule is CC(C)=CCCC(C)CC(=O)C#Cc1ccccc1. The van der Waals surface area contributed by atoms with Crippen LogP contribution in [0.1, 0.15) is 45.6 Å². The molecule has 0 fully saturated rings. The van der Waals surface area contributed by atoms with E-state index in [0.717, 1.165) is 18.4 Å². The zero-order chi connectivity index (χ0) is 14.1. The fraction of sp³-hybridized carbons (Fsp3) is 0.389. The summed E-state index contributed by atoms with van der Waals surface area (Å²) in [6.45, 7) is 6.31. The van der Waals surface area contributed by atoms with Gasteiger partial charge in [0, 0.05) is 12.0 Å². The predicted molar refractivity (Wildman–Crippen MR) is 80.8 cm³/mol. The minimum absolute atomic E-state index is 0.0357. The number of benzene rings is 1. The Morgan fingerprint density at radius 1 is 1.26 bits per heavy atom. The van der Waals surface area contributed by atoms with Crippen LogP contribution in [0.2, 0.25) is 0 Å². The smallest absolute Gasteiger partial charge is 0.206 e. The van der Waals surface area contributed by atoms with Crippen molar-refractivity contribution >= 4 is 5.78 Å². The number of allylic oxidation sites excluding steroid dienone is 2. The molecule has 0 aliphatic carbocycles. The molecular weight excluding hydrogens is 232 g/mol. The molecular formula is C18H22O. The maximum Gasteiger partial charge on any atom is 0.206 e. The number of ketones is 1. The lowest BCUT2D eigenvalue weighted by molar-refractivity contribution is -0.114. The maximum absolute atomic E-state index is 11.7. The summed E-state index contributed by atoms with van der Waals surface area (Å²) in [6, 6.07) is 9.63. The lowest BCUT2D eigenvalue weighted by Crippen LogP contribution is -2.03. The van der Waals surface area contributed by atoms with E-state index in [0.29, 0.717) is 12.3 Å². The fourth-order valence-corrected chi connectivity index (χ4v) is 1.79. The second kappa shape index (κ2) is 8.32. The Morgan fingerprint density at radius 2 is 1.95 bits per heavy atom. The van der Waals surface area contributed by atoms with Crippen LogP contribution < -0.4 is 0 Å². The topological polar surface area (TPSA) is 17.1 Å². The summed E-state index contributed by atoms with van der Waals surface area (Å²) in [5.41, 5.74) is 2.23. The molecule has 0 saturated heterocycles. The van der Waals surface area contributed by atoms with Crippen molar-refractivity contribution in [1.82, 2.24) is 0 Å². The normalized spacial score (nSPS) is 11.1. The highest BCUT2D eigenvalue weighted by Crippen LogP contribution is 2.12. The van der Waals surface area contributed by atoms with Crippen molar-refractivity contribution in [3.05, 3.63) is 47.5 Å². The third-order valence-corrected chi connectivity index (χ3v) is 2.87. The fourth-order valence-electron chi connectivity index (χ4n) is 1.79. The standard InChI is InChI=1S/C18H22O/c1-15(2)8-7-9-16(3)14-18(19)13-12-17-10-5-4-6-11-17/h4-6,8,10-11,16H,7,9,14H2,1-3H3. The van der Waals surface area contributed by atoms with E-state index >= 15 is 0 Å². The van der Waals surface area contributed by atoms with Gasteiger partial charge in [0.1, 0.15) is 0 Å². The number of carbonyl (C=O) groups is 1. The van der Waals surface area contributed by atoms with Gasteiger partial charge < -0.3 is 0 Å². The van der Waals surface area contributed by atoms with E-state index in [4.69, 9.17) is 0 Å².